The van der Waals surface area contributed by atoms with Gasteiger partial charge in [0.05, 0.1) is 11.5 Å². The molecule has 1 aromatic carbocycles. The van der Waals surface area contributed by atoms with Gasteiger partial charge in [-0.05, 0) is 25.0 Å². The van der Waals surface area contributed by atoms with E-state index in [4.69, 9.17) is 11.1 Å². The minimum atomic E-state index is -0.450. The van der Waals surface area contributed by atoms with Crippen LogP contribution in [0.15, 0.2) is 24.3 Å². The minimum Gasteiger partial charge on any atom is -0.387 e. The smallest absolute Gasteiger partial charge is 0.321 e. The van der Waals surface area contributed by atoms with Crippen LogP contribution in [0.1, 0.15) is 12.8 Å². The molecule has 1 heterocycles. The molecule has 5 nitrogen and oxygen atoms in total. The van der Waals surface area contributed by atoms with Gasteiger partial charge in [0, 0.05) is 19.0 Å². The van der Waals surface area contributed by atoms with E-state index in [9.17, 15) is 9.18 Å². The van der Waals surface area contributed by atoms with Crippen molar-refractivity contribution in [1.82, 2.24) is 4.90 Å². The fourth-order valence-electron chi connectivity index (χ4n) is 2.15. The first-order valence-electron chi connectivity index (χ1n) is 6.22. The van der Waals surface area contributed by atoms with E-state index >= 15 is 0 Å². The SMILES string of the molecule is N=C(N)C1CCN(C(=O)Nc2ccccc2F)CC1. The number of amidine groups is 1. The molecule has 1 aliphatic rings. The van der Waals surface area contributed by atoms with Gasteiger partial charge in [0.15, 0.2) is 0 Å². The van der Waals surface area contributed by atoms with Crippen LogP contribution in [0.4, 0.5) is 14.9 Å². The summed E-state index contributed by atoms with van der Waals surface area (Å²) in [5, 5.41) is 9.93. The number of nitrogens with zero attached hydrogens (tertiary/aromatic N) is 1. The summed E-state index contributed by atoms with van der Waals surface area (Å²) >= 11 is 0. The Labute approximate surface area is 111 Å². The molecule has 1 aromatic rings. The Bertz CT molecular complexity index is 483. The zero-order chi connectivity index (χ0) is 13.8. The molecule has 1 aliphatic heterocycles. The number of carbonyl (C=O) groups is 1. The molecule has 6 heteroatoms. The van der Waals surface area contributed by atoms with Gasteiger partial charge in [-0.2, -0.15) is 0 Å². The summed E-state index contributed by atoms with van der Waals surface area (Å²) in [4.78, 5) is 13.6. The Morgan fingerprint density at radius 1 is 1.37 bits per heavy atom. The van der Waals surface area contributed by atoms with Crippen molar-refractivity contribution in [2.75, 3.05) is 18.4 Å². The lowest BCUT2D eigenvalue weighted by Crippen LogP contribution is -2.43. The van der Waals surface area contributed by atoms with Gasteiger partial charge in [-0.1, -0.05) is 12.1 Å². The largest absolute Gasteiger partial charge is 0.387 e. The Balaban J connectivity index is 1.92. The number of anilines is 1. The Morgan fingerprint density at radius 2 is 2.00 bits per heavy atom. The van der Waals surface area contributed by atoms with Crippen LogP contribution < -0.4 is 11.1 Å². The maximum Gasteiger partial charge on any atom is 0.321 e. The predicted octanol–water partition coefficient (Wildman–Crippen LogP) is 2.01. The summed E-state index contributed by atoms with van der Waals surface area (Å²) in [5.41, 5.74) is 5.63. The highest BCUT2D eigenvalue weighted by Crippen LogP contribution is 2.19. The van der Waals surface area contributed by atoms with Gasteiger partial charge >= 0.3 is 6.03 Å². The van der Waals surface area contributed by atoms with Crippen LogP contribution in [0.25, 0.3) is 0 Å². The van der Waals surface area contributed by atoms with Gasteiger partial charge in [0.2, 0.25) is 0 Å². The van der Waals surface area contributed by atoms with E-state index in [2.05, 4.69) is 5.32 Å². The molecule has 2 amide bonds. The lowest BCUT2D eigenvalue weighted by Gasteiger charge is -2.31. The van der Waals surface area contributed by atoms with Gasteiger partial charge in [-0.15, -0.1) is 0 Å². The first kappa shape index (κ1) is 13.3. The number of hydrogen-bond donors (Lipinski definition) is 3. The number of urea groups is 1. The standard InChI is InChI=1S/C13H17FN4O/c14-10-3-1-2-4-11(10)17-13(19)18-7-5-9(6-8-18)12(15)16/h1-4,9H,5-8H2,(H3,15,16)(H,17,19). The van der Waals surface area contributed by atoms with Gasteiger partial charge in [-0.25, -0.2) is 9.18 Å². The van der Waals surface area contributed by atoms with E-state index in [1.165, 1.54) is 12.1 Å². The van der Waals surface area contributed by atoms with Crippen LogP contribution in [0, 0.1) is 17.1 Å². The lowest BCUT2D eigenvalue weighted by atomic mass is 9.96. The number of nitrogens with two attached hydrogens (primary N) is 1. The molecular weight excluding hydrogens is 247 g/mol. The molecule has 0 spiro atoms. The van der Waals surface area contributed by atoms with E-state index < -0.39 is 5.82 Å². The number of likely N-dealkylation sites (tertiary alicyclic amines) is 1. The van der Waals surface area contributed by atoms with E-state index in [0.29, 0.717) is 25.9 Å². The topological polar surface area (TPSA) is 82.2 Å². The summed E-state index contributed by atoms with van der Waals surface area (Å²) in [6, 6.07) is 5.75. The summed E-state index contributed by atoms with van der Waals surface area (Å²) in [6.07, 6.45) is 1.36. The second-order valence-electron chi connectivity index (χ2n) is 4.63. The van der Waals surface area contributed by atoms with Crippen molar-refractivity contribution in [3.05, 3.63) is 30.1 Å². The lowest BCUT2D eigenvalue weighted by molar-refractivity contribution is 0.193. The quantitative estimate of drug-likeness (QED) is 0.564. The number of hydrogen-bond acceptors (Lipinski definition) is 2. The number of para-hydroxylation sites is 1. The molecule has 0 aromatic heterocycles. The minimum absolute atomic E-state index is 0.0533. The highest BCUT2D eigenvalue weighted by atomic mass is 19.1. The molecule has 0 radical (unpaired) electrons. The Kier molecular flexibility index (Phi) is 3.99. The van der Waals surface area contributed by atoms with E-state index in [0.717, 1.165) is 0 Å². The number of halogens is 1. The van der Waals surface area contributed by atoms with E-state index in [-0.39, 0.29) is 23.5 Å². The maximum absolute atomic E-state index is 13.4. The van der Waals surface area contributed by atoms with Gasteiger partial charge in [-0.3, -0.25) is 5.41 Å². The number of nitrogens with one attached hydrogen (secondary N) is 2. The number of carbonyl (C=O) groups excluding carboxylic acids is 1. The maximum atomic E-state index is 13.4. The van der Waals surface area contributed by atoms with Crippen molar-refractivity contribution in [2.24, 2.45) is 11.7 Å². The normalized spacial score (nSPS) is 16.2. The third kappa shape index (κ3) is 3.21. The average molecular weight is 264 g/mol. The number of benzene rings is 1. The third-order valence-corrected chi connectivity index (χ3v) is 3.34. The molecule has 2 rings (SSSR count). The average Bonchev–Trinajstić information content (AvgIpc) is 2.41. The number of rotatable bonds is 2. The van der Waals surface area contributed by atoms with Crippen molar-refractivity contribution in [3.8, 4) is 0 Å². The summed E-state index contributed by atoms with van der Waals surface area (Å²) in [7, 11) is 0. The van der Waals surface area contributed by atoms with Gasteiger partial charge in [0.1, 0.15) is 5.82 Å². The fraction of sp³-hybridized carbons (Fsp3) is 0.385. The van der Waals surface area contributed by atoms with Crippen LogP contribution in [-0.2, 0) is 0 Å². The second kappa shape index (κ2) is 5.69. The molecule has 0 saturated carbocycles. The molecule has 1 fully saturated rings. The highest BCUT2D eigenvalue weighted by molar-refractivity contribution is 5.89. The van der Waals surface area contributed by atoms with Crippen molar-refractivity contribution in [2.45, 2.75) is 12.8 Å². The zero-order valence-electron chi connectivity index (χ0n) is 10.5. The monoisotopic (exact) mass is 264 g/mol. The van der Waals surface area contributed by atoms with Crippen LogP contribution >= 0.6 is 0 Å². The van der Waals surface area contributed by atoms with Crippen LogP contribution in [0.5, 0.6) is 0 Å². The fourth-order valence-corrected chi connectivity index (χ4v) is 2.15. The first-order chi connectivity index (χ1) is 9.08. The molecular formula is C13H17FN4O. The number of amides is 2. The first-order valence-corrected chi connectivity index (χ1v) is 6.22. The second-order valence-corrected chi connectivity index (χ2v) is 4.63. The molecule has 0 aliphatic carbocycles. The summed E-state index contributed by atoms with van der Waals surface area (Å²) in [6.45, 7) is 1.06. The molecule has 19 heavy (non-hydrogen) atoms. The highest BCUT2D eigenvalue weighted by Gasteiger charge is 2.24. The van der Waals surface area contributed by atoms with E-state index in [1.807, 2.05) is 0 Å². The molecule has 1 saturated heterocycles. The molecule has 0 unspecified atom stereocenters. The van der Waals surface area contributed by atoms with Gasteiger partial charge in [0.25, 0.3) is 0 Å². The molecule has 0 bridgehead atoms. The van der Waals surface area contributed by atoms with E-state index in [1.54, 1.807) is 17.0 Å². The molecule has 0 atom stereocenters. The number of piperidine rings is 1. The summed E-state index contributed by atoms with van der Waals surface area (Å²) < 4.78 is 13.4. The Morgan fingerprint density at radius 3 is 2.58 bits per heavy atom. The predicted molar refractivity (Wildman–Crippen MR) is 71.6 cm³/mol. The van der Waals surface area contributed by atoms with Crippen LogP contribution in [0.3, 0.4) is 0 Å². The van der Waals surface area contributed by atoms with Crippen molar-refractivity contribution in [1.29, 1.82) is 5.41 Å². The molecule has 4 N–H and O–H groups in total. The summed E-state index contributed by atoms with van der Waals surface area (Å²) in [5.74, 6) is -0.221. The Hall–Kier alpha value is -2.11. The van der Waals surface area contributed by atoms with Crippen LogP contribution in [-0.4, -0.2) is 29.9 Å². The zero-order valence-corrected chi connectivity index (χ0v) is 10.5. The van der Waals surface area contributed by atoms with Crippen molar-refractivity contribution in [3.63, 3.8) is 0 Å². The third-order valence-electron chi connectivity index (χ3n) is 3.34. The van der Waals surface area contributed by atoms with Gasteiger partial charge < -0.3 is 16.0 Å². The van der Waals surface area contributed by atoms with Crippen molar-refractivity contribution >= 4 is 17.6 Å². The van der Waals surface area contributed by atoms with Crippen molar-refractivity contribution < 1.29 is 9.18 Å². The molecule has 102 valence electrons. The van der Waals surface area contributed by atoms with Crippen LogP contribution in [0.2, 0.25) is 0 Å².